The third kappa shape index (κ3) is 4.83. The number of ether oxygens (including phenoxy) is 3. The minimum absolute atomic E-state index is 0.253. The second-order valence-electron chi connectivity index (χ2n) is 5.40. The highest BCUT2D eigenvalue weighted by molar-refractivity contribution is 5.97. The van der Waals surface area contributed by atoms with Gasteiger partial charge in [-0.25, -0.2) is 9.59 Å². The van der Waals surface area contributed by atoms with E-state index in [0.29, 0.717) is 17.0 Å². The highest BCUT2D eigenvalue weighted by Gasteiger charge is 2.16. The summed E-state index contributed by atoms with van der Waals surface area (Å²) in [4.78, 5) is 35.4. The fourth-order valence-electron chi connectivity index (χ4n) is 2.19. The number of hydrogen-bond acceptors (Lipinski definition) is 6. The van der Waals surface area contributed by atoms with Gasteiger partial charge in [0.05, 0.1) is 19.8 Å². The predicted octanol–water partition coefficient (Wildman–Crippen LogP) is 2.59. The van der Waals surface area contributed by atoms with Gasteiger partial charge in [0.2, 0.25) is 0 Å². The summed E-state index contributed by atoms with van der Waals surface area (Å²) in [5, 5.41) is 2.57. The van der Waals surface area contributed by atoms with Crippen LogP contribution in [0.2, 0.25) is 0 Å². The average molecular weight is 357 g/mol. The largest absolute Gasteiger partial charge is 0.496 e. The molecule has 0 radical (unpaired) electrons. The molecule has 0 aliphatic carbocycles. The van der Waals surface area contributed by atoms with Gasteiger partial charge in [-0.15, -0.1) is 0 Å². The Morgan fingerprint density at radius 2 is 1.65 bits per heavy atom. The van der Waals surface area contributed by atoms with Gasteiger partial charge >= 0.3 is 11.9 Å². The van der Waals surface area contributed by atoms with E-state index in [-0.39, 0.29) is 5.56 Å². The molecule has 0 saturated carbocycles. The Hall–Kier alpha value is -3.35. The Labute approximate surface area is 150 Å². The van der Waals surface area contributed by atoms with Gasteiger partial charge in [0.25, 0.3) is 5.91 Å². The van der Waals surface area contributed by atoms with Gasteiger partial charge in [0.15, 0.2) is 6.61 Å². The summed E-state index contributed by atoms with van der Waals surface area (Å²) in [6, 6.07) is 11.2. The zero-order chi connectivity index (χ0) is 19.1. The Balaban J connectivity index is 1.93. The van der Waals surface area contributed by atoms with Crippen molar-refractivity contribution >= 4 is 23.5 Å². The average Bonchev–Trinajstić information content (AvgIpc) is 2.66. The maximum atomic E-state index is 12.2. The monoisotopic (exact) mass is 357 g/mol. The number of hydrogen-bond donors (Lipinski definition) is 1. The van der Waals surface area contributed by atoms with Crippen LogP contribution in [0.3, 0.4) is 0 Å². The highest BCUT2D eigenvalue weighted by atomic mass is 16.5. The number of esters is 2. The molecule has 2 rings (SSSR count). The Morgan fingerprint density at radius 1 is 0.962 bits per heavy atom. The molecule has 0 aliphatic rings. The Bertz CT molecular complexity index is 813. The molecule has 1 N–H and O–H groups in total. The van der Waals surface area contributed by atoms with Crippen LogP contribution in [0.15, 0.2) is 42.5 Å². The summed E-state index contributed by atoms with van der Waals surface area (Å²) >= 11 is 0. The Kier molecular flexibility index (Phi) is 6.32. The van der Waals surface area contributed by atoms with Crippen LogP contribution >= 0.6 is 0 Å². The molecule has 0 fully saturated rings. The molecule has 0 heterocycles. The molecule has 2 aromatic rings. The molecule has 0 bridgehead atoms. The first-order valence-electron chi connectivity index (χ1n) is 7.74. The van der Waals surface area contributed by atoms with Crippen molar-refractivity contribution in [1.29, 1.82) is 0 Å². The second kappa shape index (κ2) is 8.66. The topological polar surface area (TPSA) is 90.9 Å². The van der Waals surface area contributed by atoms with Crippen molar-refractivity contribution in [1.82, 2.24) is 0 Å². The van der Waals surface area contributed by atoms with Crippen LogP contribution in [0.5, 0.6) is 5.75 Å². The summed E-state index contributed by atoms with van der Waals surface area (Å²) < 4.78 is 14.8. The van der Waals surface area contributed by atoms with E-state index in [1.165, 1.54) is 26.4 Å². The van der Waals surface area contributed by atoms with Crippen molar-refractivity contribution < 1.29 is 28.6 Å². The molecule has 7 heteroatoms. The van der Waals surface area contributed by atoms with Gasteiger partial charge < -0.3 is 19.5 Å². The molecule has 0 unspecified atom stereocenters. The number of carbonyl (C=O) groups excluding carboxylic acids is 3. The van der Waals surface area contributed by atoms with Gasteiger partial charge in [0, 0.05) is 5.69 Å². The normalized spacial score (nSPS) is 9.96. The van der Waals surface area contributed by atoms with Gasteiger partial charge in [-0.3, -0.25) is 4.79 Å². The van der Waals surface area contributed by atoms with Crippen LogP contribution in [-0.2, 0) is 14.3 Å². The minimum Gasteiger partial charge on any atom is -0.496 e. The van der Waals surface area contributed by atoms with E-state index < -0.39 is 24.5 Å². The van der Waals surface area contributed by atoms with Gasteiger partial charge in [-0.05, 0) is 43.3 Å². The maximum absolute atomic E-state index is 12.2. The van der Waals surface area contributed by atoms with E-state index >= 15 is 0 Å². The number of benzene rings is 2. The van der Waals surface area contributed by atoms with Crippen LogP contribution in [-0.4, -0.2) is 38.7 Å². The number of amides is 1. The van der Waals surface area contributed by atoms with Gasteiger partial charge in [-0.2, -0.15) is 0 Å². The molecular formula is C19H19NO6. The quantitative estimate of drug-likeness (QED) is 0.799. The smallest absolute Gasteiger partial charge is 0.342 e. The summed E-state index contributed by atoms with van der Waals surface area (Å²) in [5.74, 6) is -1.25. The SMILES string of the molecule is COC(=O)c1ccc(NC(=O)COC(=O)c2cc(C)ccc2OC)cc1. The number of rotatable bonds is 6. The fraction of sp³-hybridized carbons (Fsp3) is 0.211. The first kappa shape index (κ1) is 19.0. The lowest BCUT2D eigenvalue weighted by Crippen LogP contribution is -2.21. The van der Waals surface area contributed by atoms with Crippen LogP contribution < -0.4 is 10.1 Å². The summed E-state index contributed by atoms with van der Waals surface area (Å²) in [5.41, 5.74) is 1.95. The minimum atomic E-state index is -0.651. The third-order valence-electron chi connectivity index (χ3n) is 3.50. The zero-order valence-electron chi connectivity index (χ0n) is 14.7. The molecule has 0 aliphatic heterocycles. The number of nitrogens with one attached hydrogen (secondary N) is 1. The molecule has 26 heavy (non-hydrogen) atoms. The molecule has 0 saturated heterocycles. The summed E-state index contributed by atoms with van der Waals surface area (Å²) in [7, 11) is 2.74. The van der Waals surface area contributed by atoms with E-state index in [4.69, 9.17) is 9.47 Å². The Morgan fingerprint density at radius 3 is 2.27 bits per heavy atom. The summed E-state index contributed by atoms with van der Waals surface area (Å²) in [6.45, 7) is 1.38. The number of aryl methyl sites for hydroxylation is 1. The van der Waals surface area contributed by atoms with Crippen LogP contribution in [0.4, 0.5) is 5.69 Å². The van der Waals surface area contributed by atoms with E-state index in [1.54, 1.807) is 30.3 Å². The lowest BCUT2D eigenvalue weighted by molar-refractivity contribution is -0.119. The van der Waals surface area contributed by atoms with E-state index in [2.05, 4.69) is 10.1 Å². The molecular weight excluding hydrogens is 338 g/mol. The molecule has 1 amide bonds. The zero-order valence-corrected chi connectivity index (χ0v) is 14.7. The molecule has 0 atom stereocenters. The molecule has 0 aromatic heterocycles. The van der Waals surface area contributed by atoms with Gasteiger partial charge in [-0.1, -0.05) is 11.6 Å². The van der Waals surface area contributed by atoms with Crippen LogP contribution in [0.25, 0.3) is 0 Å². The molecule has 7 nitrogen and oxygen atoms in total. The number of methoxy groups -OCH3 is 2. The highest BCUT2D eigenvalue weighted by Crippen LogP contribution is 2.20. The lowest BCUT2D eigenvalue weighted by Gasteiger charge is -2.10. The van der Waals surface area contributed by atoms with Crippen molar-refractivity contribution in [2.24, 2.45) is 0 Å². The second-order valence-corrected chi connectivity index (χ2v) is 5.40. The molecule has 136 valence electrons. The van der Waals surface area contributed by atoms with Crippen molar-refractivity contribution in [2.75, 3.05) is 26.1 Å². The van der Waals surface area contributed by atoms with Crippen molar-refractivity contribution in [2.45, 2.75) is 6.92 Å². The van der Waals surface area contributed by atoms with E-state index in [0.717, 1.165) is 5.56 Å². The van der Waals surface area contributed by atoms with E-state index in [1.807, 2.05) is 6.92 Å². The van der Waals surface area contributed by atoms with Gasteiger partial charge in [0.1, 0.15) is 11.3 Å². The van der Waals surface area contributed by atoms with Crippen molar-refractivity contribution in [3.63, 3.8) is 0 Å². The first-order valence-corrected chi connectivity index (χ1v) is 7.74. The standard InChI is InChI=1S/C19H19NO6/c1-12-4-9-16(24-2)15(10-12)19(23)26-11-17(21)20-14-7-5-13(6-8-14)18(22)25-3/h4-10H,11H2,1-3H3,(H,20,21). The first-order chi connectivity index (χ1) is 12.4. The van der Waals surface area contributed by atoms with Crippen molar-refractivity contribution in [3.8, 4) is 5.75 Å². The lowest BCUT2D eigenvalue weighted by atomic mass is 10.1. The fourth-order valence-corrected chi connectivity index (χ4v) is 2.19. The number of carbonyl (C=O) groups is 3. The predicted molar refractivity (Wildman–Crippen MR) is 94.4 cm³/mol. The van der Waals surface area contributed by atoms with E-state index in [9.17, 15) is 14.4 Å². The maximum Gasteiger partial charge on any atom is 0.342 e. The molecule has 0 spiro atoms. The molecule has 2 aromatic carbocycles. The van der Waals surface area contributed by atoms with Crippen LogP contribution in [0, 0.1) is 6.92 Å². The summed E-state index contributed by atoms with van der Waals surface area (Å²) in [6.07, 6.45) is 0. The van der Waals surface area contributed by atoms with Crippen molar-refractivity contribution in [3.05, 3.63) is 59.2 Å². The third-order valence-corrected chi connectivity index (χ3v) is 3.50. The van der Waals surface area contributed by atoms with Crippen LogP contribution in [0.1, 0.15) is 26.3 Å². The number of anilines is 1.